The topological polar surface area (TPSA) is 71.1 Å². The predicted molar refractivity (Wildman–Crippen MR) is 69.6 cm³/mol. The Morgan fingerprint density at radius 3 is 1.85 bits per heavy atom. The lowest BCUT2D eigenvalue weighted by molar-refractivity contribution is -0.0317. The lowest BCUT2D eigenvalue weighted by atomic mass is 10.1. The number of benzene rings is 1. The van der Waals surface area contributed by atoms with Crippen LogP contribution >= 0.6 is 0 Å². The van der Waals surface area contributed by atoms with Gasteiger partial charge < -0.3 is 18.9 Å². The van der Waals surface area contributed by atoms with Crippen molar-refractivity contribution in [3.05, 3.63) is 42.2 Å². The van der Waals surface area contributed by atoms with E-state index < -0.39 is 12.3 Å². The molecular formula is C14H17O6. The van der Waals surface area contributed by atoms with Crippen molar-refractivity contribution in [1.29, 1.82) is 0 Å². The molecule has 0 amide bonds. The van der Waals surface area contributed by atoms with Crippen LogP contribution in [0.2, 0.25) is 0 Å². The molecule has 6 nitrogen and oxygen atoms in total. The SMILES string of the molecule is CCOC(=O)O[C](Cc1ccccc1)OC(=O)OCC. The second kappa shape index (κ2) is 8.79. The molecule has 0 saturated carbocycles. The maximum atomic E-state index is 11.3. The van der Waals surface area contributed by atoms with E-state index in [-0.39, 0.29) is 25.9 Å². The minimum Gasteiger partial charge on any atom is -0.434 e. The molecule has 0 aliphatic carbocycles. The fraction of sp³-hybridized carbons (Fsp3) is 0.357. The summed E-state index contributed by atoms with van der Waals surface area (Å²) in [7, 11) is 0. The average Bonchev–Trinajstić information content (AvgIpc) is 2.40. The standard InChI is InChI=1S/C14H17O6/c1-3-17-13(15)19-12(20-14(16)18-4-2)10-11-8-6-5-7-9-11/h5-9H,3-4,10H2,1-2H3. The first-order valence-corrected chi connectivity index (χ1v) is 6.24. The number of ether oxygens (including phenoxy) is 4. The van der Waals surface area contributed by atoms with E-state index in [9.17, 15) is 9.59 Å². The molecule has 0 bridgehead atoms. The third kappa shape index (κ3) is 6.08. The highest BCUT2D eigenvalue weighted by atomic mass is 16.8. The van der Waals surface area contributed by atoms with Crippen LogP contribution in [0.25, 0.3) is 0 Å². The van der Waals surface area contributed by atoms with Crippen LogP contribution in [-0.2, 0) is 25.4 Å². The lowest BCUT2D eigenvalue weighted by Gasteiger charge is -2.15. The zero-order valence-corrected chi connectivity index (χ0v) is 11.5. The first-order valence-electron chi connectivity index (χ1n) is 6.24. The van der Waals surface area contributed by atoms with Gasteiger partial charge in [-0.1, -0.05) is 30.3 Å². The Labute approximate surface area is 117 Å². The third-order valence-electron chi connectivity index (χ3n) is 2.11. The van der Waals surface area contributed by atoms with Crippen molar-refractivity contribution in [2.24, 2.45) is 0 Å². The van der Waals surface area contributed by atoms with Crippen LogP contribution in [-0.4, -0.2) is 25.5 Å². The van der Waals surface area contributed by atoms with Crippen molar-refractivity contribution in [1.82, 2.24) is 0 Å². The van der Waals surface area contributed by atoms with Gasteiger partial charge in [0.25, 0.3) is 0 Å². The minimum absolute atomic E-state index is 0.137. The lowest BCUT2D eigenvalue weighted by Crippen LogP contribution is -2.21. The smallest absolute Gasteiger partial charge is 0.434 e. The Kier molecular flexibility index (Phi) is 6.95. The maximum Gasteiger partial charge on any atom is 0.511 e. The third-order valence-corrected chi connectivity index (χ3v) is 2.11. The highest BCUT2D eigenvalue weighted by Crippen LogP contribution is 2.15. The fourth-order valence-electron chi connectivity index (χ4n) is 1.34. The van der Waals surface area contributed by atoms with E-state index in [1.54, 1.807) is 13.8 Å². The van der Waals surface area contributed by atoms with Crippen molar-refractivity contribution in [3.63, 3.8) is 0 Å². The van der Waals surface area contributed by atoms with Crippen molar-refractivity contribution in [3.8, 4) is 0 Å². The number of carbonyl (C=O) groups excluding carboxylic acids is 2. The van der Waals surface area contributed by atoms with Crippen LogP contribution in [0.4, 0.5) is 9.59 Å². The largest absolute Gasteiger partial charge is 0.511 e. The van der Waals surface area contributed by atoms with Gasteiger partial charge >= 0.3 is 18.6 Å². The van der Waals surface area contributed by atoms with Crippen molar-refractivity contribution < 1.29 is 28.5 Å². The molecule has 109 valence electrons. The molecular weight excluding hydrogens is 264 g/mol. The van der Waals surface area contributed by atoms with E-state index in [2.05, 4.69) is 9.47 Å². The summed E-state index contributed by atoms with van der Waals surface area (Å²) >= 11 is 0. The molecule has 6 heteroatoms. The molecule has 0 heterocycles. The normalized spacial score (nSPS) is 9.95. The summed E-state index contributed by atoms with van der Waals surface area (Å²) in [6, 6.07) is 9.11. The van der Waals surface area contributed by atoms with E-state index in [0.717, 1.165) is 5.56 Å². The van der Waals surface area contributed by atoms with E-state index in [4.69, 9.17) is 9.47 Å². The molecule has 1 rings (SSSR count). The summed E-state index contributed by atoms with van der Waals surface area (Å²) < 4.78 is 19.0. The molecule has 0 fully saturated rings. The molecule has 0 N–H and O–H groups in total. The zero-order valence-electron chi connectivity index (χ0n) is 11.5. The molecule has 1 aromatic rings. The average molecular weight is 281 g/mol. The van der Waals surface area contributed by atoms with Gasteiger partial charge in [-0.2, -0.15) is 0 Å². The molecule has 0 saturated heterocycles. The van der Waals surface area contributed by atoms with Gasteiger partial charge in [0.2, 0.25) is 0 Å². The molecule has 0 aliphatic rings. The fourth-order valence-corrected chi connectivity index (χ4v) is 1.34. The van der Waals surface area contributed by atoms with Gasteiger partial charge in [0.1, 0.15) is 0 Å². The quantitative estimate of drug-likeness (QED) is 0.746. The van der Waals surface area contributed by atoms with Crippen molar-refractivity contribution in [2.75, 3.05) is 13.2 Å². The summed E-state index contributed by atoms with van der Waals surface area (Å²) in [5.74, 6) is 0. The van der Waals surface area contributed by atoms with Crippen LogP contribution in [0.5, 0.6) is 0 Å². The summed E-state index contributed by atoms with van der Waals surface area (Å²) in [5.41, 5.74) is 0.816. The van der Waals surface area contributed by atoms with Gasteiger partial charge in [-0.05, 0) is 19.4 Å². The summed E-state index contributed by atoms with van der Waals surface area (Å²) in [6.45, 7) is 3.61. The van der Waals surface area contributed by atoms with Crippen LogP contribution < -0.4 is 0 Å². The first-order chi connectivity index (χ1) is 9.65. The number of hydrogen-bond donors (Lipinski definition) is 0. The Bertz CT molecular complexity index is 397. The van der Waals surface area contributed by atoms with Crippen molar-refractivity contribution in [2.45, 2.75) is 20.3 Å². The second-order valence-corrected chi connectivity index (χ2v) is 3.60. The molecule has 0 unspecified atom stereocenters. The number of rotatable bonds is 6. The molecule has 0 aromatic heterocycles. The Morgan fingerprint density at radius 2 is 1.40 bits per heavy atom. The van der Waals surface area contributed by atoms with Crippen LogP contribution in [0.3, 0.4) is 0 Å². The Balaban J connectivity index is 2.63. The second-order valence-electron chi connectivity index (χ2n) is 3.60. The minimum atomic E-state index is -0.928. The van der Waals surface area contributed by atoms with Crippen molar-refractivity contribution >= 4 is 12.3 Å². The molecule has 1 aromatic carbocycles. The maximum absolute atomic E-state index is 11.3. The van der Waals surface area contributed by atoms with Gasteiger partial charge in [0, 0.05) is 0 Å². The molecule has 1 radical (unpaired) electrons. The summed E-state index contributed by atoms with van der Waals surface area (Å²) in [4.78, 5) is 22.6. The number of carbonyl (C=O) groups is 2. The van der Waals surface area contributed by atoms with Gasteiger partial charge in [0.05, 0.1) is 19.6 Å². The van der Waals surface area contributed by atoms with Crippen LogP contribution in [0.1, 0.15) is 19.4 Å². The molecule has 0 atom stereocenters. The van der Waals surface area contributed by atoms with Gasteiger partial charge in [-0.25, -0.2) is 9.59 Å². The number of hydrogen-bond acceptors (Lipinski definition) is 6. The van der Waals surface area contributed by atoms with E-state index in [1.165, 1.54) is 0 Å². The summed E-state index contributed by atoms with van der Waals surface area (Å²) in [5, 5.41) is 0. The first kappa shape index (κ1) is 15.8. The monoisotopic (exact) mass is 281 g/mol. The molecule has 20 heavy (non-hydrogen) atoms. The Hall–Kier alpha value is -2.24. The van der Waals surface area contributed by atoms with Gasteiger partial charge in [-0.3, -0.25) is 0 Å². The summed E-state index contributed by atoms with van der Waals surface area (Å²) in [6.07, 6.45) is -1.91. The van der Waals surface area contributed by atoms with E-state index in [1.807, 2.05) is 30.3 Å². The van der Waals surface area contributed by atoms with E-state index >= 15 is 0 Å². The highest BCUT2D eigenvalue weighted by Gasteiger charge is 2.23. The Morgan fingerprint density at radius 1 is 0.900 bits per heavy atom. The predicted octanol–water partition coefficient (Wildman–Crippen LogP) is 3.06. The molecule has 0 aliphatic heterocycles. The highest BCUT2D eigenvalue weighted by molar-refractivity contribution is 5.63. The van der Waals surface area contributed by atoms with E-state index in [0.29, 0.717) is 0 Å². The van der Waals surface area contributed by atoms with Gasteiger partial charge in [-0.15, -0.1) is 0 Å². The van der Waals surface area contributed by atoms with Gasteiger partial charge in [0.15, 0.2) is 0 Å². The molecule has 0 spiro atoms. The zero-order chi connectivity index (χ0) is 14.8. The van der Waals surface area contributed by atoms with Crippen LogP contribution in [0, 0.1) is 6.29 Å². The van der Waals surface area contributed by atoms with Crippen LogP contribution in [0.15, 0.2) is 30.3 Å².